The molecule has 0 aromatic carbocycles. The Hall–Kier alpha value is -0.190. The Kier molecular flexibility index (Phi) is 5.68. The molecule has 1 unspecified atom stereocenters. The smallest absolute Gasteiger partial charge is 0.0876 e. The van der Waals surface area contributed by atoms with E-state index in [2.05, 4.69) is 17.2 Å². The predicted molar refractivity (Wildman–Crippen MR) is 73.7 cm³/mol. The third kappa shape index (κ3) is 4.19. The topological polar surface area (TPSA) is 47.3 Å². The third-order valence-corrected chi connectivity index (χ3v) is 5.13. The van der Waals surface area contributed by atoms with Crippen LogP contribution >= 0.6 is 11.8 Å². The minimum absolute atomic E-state index is 0.294. The highest BCUT2D eigenvalue weighted by molar-refractivity contribution is 7.99. The van der Waals surface area contributed by atoms with Crippen LogP contribution in [0.1, 0.15) is 44.9 Å². The number of thioether (sulfide) groups is 1. The number of ether oxygens (including phenoxy) is 1. The normalized spacial score (nSPS) is 23.9. The molecule has 0 aromatic heterocycles. The SMILES string of the molecule is NNC(CSC1CCCCC1)C1=COCCC1. The highest BCUT2D eigenvalue weighted by Crippen LogP contribution is 2.30. The molecule has 2 aliphatic rings. The van der Waals surface area contributed by atoms with E-state index in [1.807, 2.05) is 6.26 Å². The van der Waals surface area contributed by atoms with Crippen LogP contribution in [0, 0.1) is 0 Å². The quantitative estimate of drug-likeness (QED) is 0.586. The second-order valence-corrected chi connectivity index (χ2v) is 6.31. The van der Waals surface area contributed by atoms with Gasteiger partial charge in [-0.1, -0.05) is 19.3 Å². The molecule has 1 atom stereocenters. The number of hydrazine groups is 1. The summed E-state index contributed by atoms with van der Waals surface area (Å²) in [6.07, 6.45) is 11.2. The van der Waals surface area contributed by atoms with Crippen molar-refractivity contribution in [1.29, 1.82) is 0 Å². The number of rotatable bonds is 5. The van der Waals surface area contributed by atoms with E-state index in [1.165, 1.54) is 37.7 Å². The molecule has 1 aliphatic carbocycles. The molecule has 0 amide bonds. The first-order valence-electron chi connectivity index (χ1n) is 6.78. The van der Waals surface area contributed by atoms with Crippen molar-refractivity contribution < 1.29 is 4.74 Å². The number of hydrogen-bond acceptors (Lipinski definition) is 4. The van der Waals surface area contributed by atoms with Gasteiger partial charge in [-0.2, -0.15) is 11.8 Å². The Bertz CT molecular complexity index is 252. The van der Waals surface area contributed by atoms with Crippen molar-refractivity contribution in [2.75, 3.05) is 12.4 Å². The Labute approximate surface area is 109 Å². The summed E-state index contributed by atoms with van der Waals surface area (Å²) >= 11 is 2.08. The fraction of sp³-hybridized carbons (Fsp3) is 0.846. The molecule has 1 heterocycles. The van der Waals surface area contributed by atoms with Crippen LogP contribution in [0.3, 0.4) is 0 Å². The Morgan fingerprint density at radius 1 is 1.35 bits per heavy atom. The van der Waals surface area contributed by atoms with Crippen LogP contribution in [-0.4, -0.2) is 23.7 Å². The van der Waals surface area contributed by atoms with Crippen molar-refractivity contribution >= 4 is 11.8 Å². The van der Waals surface area contributed by atoms with Gasteiger partial charge >= 0.3 is 0 Å². The van der Waals surface area contributed by atoms with Gasteiger partial charge in [0.2, 0.25) is 0 Å². The molecule has 1 fully saturated rings. The summed E-state index contributed by atoms with van der Waals surface area (Å²) in [5, 5.41) is 0.852. The lowest BCUT2D eigenvalue weighted by molar-refractivity contribution is 0.220. The van der Waals surface area contributed by atoms with E-state index in [1.54, 1.807) is 0 Å². The zero-order chi connectivity index (χ0) is 11.9. The molecule has 4 heteroatoms. The Morgan fingerprint density at radius 3 is 2.82 bits per heavy atom. The molecule has 3 N–H and O–H groups in total. The van der Waals surface area contributed by atoms with E-state index in [0.29, 0.717) is 6.04 Å². The van der Waals surface area contributed by atoms with Crippen molar-refractivity contribution in [2.24, 2.45) is 5.84 Å². The largest absolute Gasteiger partial charge is 0.501 e. The Morgan fingerprint density at radius 2 is 2.18 bits per heavy atom. The van der Waals surface area contributed by atoms with Crippen molar-refractivity contribution in [2.45, 2.75) is 56.2 Å². The number of nitrogens with two attached hydrogens (primary N) is 1. The van der Waals surface area contributed by atoms with E-state index in [0.717, 1.165) is 30.5 Å². The highest BCUT2D eigenvalue weighted by atomic mass is 32.2. The first kappa shape index (κ1) is 13.2. The summed E-state index contributed by atoms with van der Waals surface area (Å²) in [6, 6.07) is 0.294. The maximum atomic E-state index is 5.66. The first-order valence-corrected chi connectivity index (χ1v) is 7.83. The maximum absolute atomic E-state index is 5.66. The number of nitrogens with one attached hydrogen (secondary N) is 1. The second-order valence-electron chi connectivity index (χ2n) is 4.98. The van der Waals surface area contributed by atoms with E-state index >= 15 is 0 Å². The van der Waals surface area contributed by atoms with E-state index < -0.39 is 0 Å². The standard InChI is InChI=1S/C13H24N2OS/c14-15-13(11-5-4-8-16-9-11)10-17-12-6-2-1-3-7-12/h9,12-13,15H,1-8,10,14H2. The van der Waals surface area contributed by atoms with Crippen molar-refractivity contribution in [1.82, 2.24) is 5.43 Å². The molecule has 3 nitrogen and oxygen atoms in total. The van der Waals surface area contributed by atoms with Crippen LogP contribution in [-0.2, 0) is 4.74 Å². The van der Waals surface area contributed by atoms with Gasteiger partial charge in [0, 0.05) is 11.0 Å². The van der Waals surface area contributed by atoms with Gasteiger partial charge in [-0.25, -0.2) is 0 Å². The predicted octanol–water partition coefficient (Wildman–Crippen LogP) is 2.58. The average molecular weight is 256 g/mol. The van der Waals surface area contributed by atoms with Crippen molar-refractivity contribution in [3.8, 4) is 0 Å². The van der Waals surface area contributed by atoms with Gasteiger partial charge in [0.15, 0.2) is 0 Å². The lowest BCUT2D eigenvalue weighted by atomic mass is 10.0. The van der Waals surface area contributed by atoms with E-state index in [9.17, 15) is 0 Å². The highest BCUT2D eigenvalue weighted by Gasteiger charge is 2.19. The molecular weight excluding hydrogens is 232 g/mol. The van der Waals surface area contributed by atoms with Gasteiger partial charge in [0.05, 0.1) is 18.9 Å². The molecule has 17 heavy (non-hydrogen) atoms. The fourth-order valence-corrected chi connectivity index (χ4v) is 4.01. The van der Waals surface area contributed by atoms with E-state index in [4.69, 9.17) is 10.6 Å². The van der Waals surface area contributed by atoms with Crippen molar-refractivity contribution in [3.05, 3.63) is 11.8 Å². The average Bonchev–Trinajstić information content (AvgIpc) is 2.42. The monoisotopic (exact) mass is 256 g/mol. The van der Waals surface area contributed by atoms with Gasteiger partial charge in [0.1, 0.15) is 0 Å². The third-order valence-electron chi connectivity index (χ3n) is 3.66. The van der Waals surface area contributed by atoms with Crippen LogP contribution in [0.25, 0.3) is 0 Å². The number of hydrogen-bond donors (Lipinski definition) is 2. The molecule has 0 bridgehead atoms. The summed E-state index contributed by atoms with van der Waals surface area (Å²) < 4.78 is 5.39. The van der Waals surface area contributed by atoms with Crippen molar-refractivity contribution in [3.63, 3.8) is 0 Å². The van der Waals surface area contributed by atoms with Gasteiger partial charge in [-0.15, -0.1) is 0 Å². The molecule has 98 valence electrons. The summed E-state index contributed by atoms with van der Waals surface area (Å²) in [7, 11) is 0. The minimum atomic E-state index is 0.294. The molecule has 1 aliphatic heterocycles. The lowest BCUT2D eigenvalue weighted by Crippen LogP contribution is -2.39. The first-order chi connectivity index (χ1) is 8.40. The zero-order valence-corrected chi connectivity index (χ0v) is 11.3. The molecule has 1 saturated carbocycles. The molecule has 0 aromatic rings. The summed E-state index contributed by atoms with van der Waals surface area (Å²) in [5.74, 6) is 6.74. The fourth-order valence-electron chi connectivity index (χ4n) is 2.57. The zero-order valence-electron chi connectivity index (χ0n) is 10.5. The van der Waals surface area contributed by atoms with Gasteiger partial charge in [-0.05, 0) is 31.3 Å². The van der Waals surface area contributed by atoms with Gasteiger partial charge in [0.25, 0.3) is 0 Å². The maximum Gasteiger partial charge on any atom is 0.0876 e. The van der Waals surface area contributed by atoms with Crippen LogP contribution in [0.15, 0.2) is 11.8 Å². The molecule has 0 radical (unpaired) electrons. The molecule has 0 saturated heterocycles. The van der Waals surface area contributed by atoms with Crippen LogP contribution in [0.2, 0.25) is 0 Å². The second kappa shape index (κ2) is 7.29. The minimum Gasteiger partial charge on any atom is -0.501 e. The molecule has 0 spiro atoms. The van der Waals surface area contributed by atoms with Gasteiger partial charge in [-0.3, -0.25) is 11.3 Å². The van der Waals surface area contributed by atoms with Crippen LogP contribution < -0.4 is 11.3 Å². The summed E-state index contributed by atoms with van der Waals surface area (Å²) in [5.41, 5.74) is 4.28. The van der Waals surface area contributed by atoms with Crippen LogP contribution in [0.5, 0.6) is 0 Å². The van der Waals surface area contributed by atoms with Gasteiger partial charge < -0.3 is 4.74 Å². The van der Waals surface area contributed by atoms with E-state index in [-0.39, 0.29) is 0 Å². The molecular formula is C13H24N2OS. The Balaban J connectivity index is 1.76. The van der Waals surface area contributed by atoms with Crippen LogP contribution in [0.4, 0.5) is 0 Å². The lowest BCUT2D eigenvalue weighted by Gasteiger charge is -2.26. The molecule has 2 rings (SSSR count). The summed E-state index contributed by atoms with van der Waals surface area (Å²) in [6.45, 7) is 0.858. The summed E-state index contributed by atoms with van der Waals surface area (Å²) in [4.78, 5) is 0.